The Morgan fingerprint density at radius 3 is 2.75 bits per heavy atom. The van der Waals surface area contributed by atoms with Gasteiger partial charge in [-0.2, -0.15) is 4.98 Å². The van der Waals surface area contributed by atoms with Crippen LogP contribution in [0.2, 0.25) is 0 Å². The van der Waals surface area contributed by atoms with Crippen LogP contribution in [0, 0.1) is 6.92 Å². The number of hydrogen-bond acceptors (Lipinski definition) is 6. The summed E-state index contributed by atoms with van der Waals surface area (Å²) in [5.41, 5.74) is 2.19. The van der Waals surface area contributed by atoms with Crippen molar-refractivity contribution in [3.63, 3.8) is 0 Å². The lowest BCUT2D eigenvalue weighted by Gasteiger charge is -2.16. The zero-order valence-electron chi connectivity index (χ0n) is 17.8. The summed E-state index contributed by atoms with van der Waals surface area (Å²) in [5.74, 6) is 1.36. The van der Waals surface area contributed by atoms with Crippen molar-refractivity contribution < 1.29 is 9.32 Å². The molecular weight excluding hydrogens is 406 g/mol. The zero-order valence-corrected chi connectivity index (χ0v) is 17.8. The number of anilines is 1. The lowest BCUT2D eigenvalue weighted by atomic mass is 10.1. The molecule has 0 spiro atoms. The maximum absolute atomic E-state index is 13.0. The quantitative estimate of drug-likeness (QED) is 0.525. The largest absolute Gasteiger partial charge is 0.339 e. The Hall–Kier alpha value is -3.81. The van der Waals surface area contributed by atoms with Crippen molar-refractivity contribution in [2.45, 2.75) is 45.6 Å². The van der Waals surface area contributed by atoms with Gasteiger partial charge in [0.1, 0.15) is 5.82 Å². The van der Waals surface area contributed by atoms with Gasteiger partial charge in [0, 0.05) is 31.0 Å². The van der Waals surface area contributed by atoms with E-state index in [1.54, 1.807) is 35.8 Å². The van der Waals surface area contributed by atoms with Crippen molar-refractivity contribution >= 4 is 22.5 Å². The minimum Gasteiger partial charge on any atom is -0.339 e. The number of benzene rings is 2. The molecule has 0 aliphatic carbocycles. The third-order valence-corrected chi connectivity index (χ3v) is 5.77. The van der Waals surface area contributed by atoms with Gasteiger partial charge in [0.25, 0.3) is 11.5 Å². The average molecular weight is 429 g/mol. The molecule has 0 radical (unpaired) electrons. The summed E-state index contributed by atoms with van der Waals surface area (Å²) in [7, 11) is 0. The molecule has 3 heterocycles. The van der Waals surface area contributed by atoms with Gasteiger partial charge in [-0.1, -0.05) is 30.1 Å². The Bertz CT molecular complexity index is 1370. The molecule has 0 fully saturated rings. The first-order chi connectivity index (χ1) is 15.6. The predicted octanol–water partition coefficient (Wildman–Crippen LogP) is 4.12. The number of amides is 1. The summed E-state index contributed by atoms with van der Waals surface area (Å²) in [4.78, 5) is 35.0. The number of para-hydroxylation sites is 1. The molecule has 1 aliphatic heterocycles. The summed E-state index contributed by atoms with van der Waals surface area (Å²) < 4.78 is 6.87. The molecule has 4 aromatic rings. The first-order valence-corrected chi connectivity index (χ1v) is 10.8. The first-order valence-electron chi connectivity index (χ1n) is 10.8. The topological polar surface area (TPSA) is 103 Å². The molecule has 0 bridgehead atoms. The molecule has 8 heteroatoms. The van der Waals surface area contributed by atoms with Gasteiger partial charge in [0.05, 0.1) is 16.6 Å². The number of rotatable bonds is 3. The van der Waals surface area contributed by atoms with Crippen molar-refractivity contribution in [1.29, 1.82) is 0 Å². The minimum absolute atomic E-state index is 0.0309. The summed E-state index contributed by atoms with van der Waals surface area (Å²) in [6.07, 6.45) is 5.06. The monoisotopic (exact) mass is 429 g/mol. The van der Waals surface area contributed by atoms with Crippen LogP contribution in [0.25, 0.3) is 22.3 Å². The molecular formula is C24H23N5O3. The summed E-state index contributed by atoms with van der Waals surface area (Å²) in [6.45, 7) is 2.41. The Balaban J connectivity index is 1.49. The van der Waals surface area contributed by atoms with Gasteiger partial charge in [-0.05, 0) is 43.2 Å². The number of carbonyl (C=O) groups is 1. The van der Waals surface area contributed by atoms with Crippen molar-refractivity contribution in [3.05, 3.63) is 70.1 Å². The van der Waals surface area contributed by atoms with Crippen LogP contribution in [-0.2, 0) is 13.0 Å². The summed E-state index contributed by atoms with van der Waals surface area (Å²) in [6, 6.07) is 12.3. The van der Waals surface area contributed by atoms with Gasteiger partial charge in [-0.25, -0.2) is 4.98 Å². The van der Waals surface area contributed by atoms with Crippen molar-refractivity contribution in [3.8, 4) is 11.4 Å². The third kappa shape index (κ3) is 3.79. The number of nitrogens with one attached hydrogen (secondary N) is 1. The number of fused-ring (bicyclic) bond motifs is 2. The highest BCUT2D eigenvalue weighted by atomic mass is 16.5. The molecule has 8 nitrogen and oxygen atoms in total. The fourth-order valence-electron chi connectivity index (χ4n) is 4.13. The van der Waals surface area contributed by atoms with E-state index in [1.165, 1.54) is 0 Å². The van der Waals surface area contributed by atoms with Gasteiger partial charge in [-0.15, -0.1) is 0 Å². The van der Waals surface area contributed by atoms with Crippen LogP contribution in [0.4, 0.5) is 5.69 Å². The second-order valence-corrected chi connectivity index (χ2v) is 8.02. The second-order valence-electron chi connectivity index (χ2n) is 8.02. The van der Waals surface area contributed by atoms with E-state index in [2.05, 4.69) is 15.5 Å². The van der Waals surface area contributed by atoms with Gasteiger partial charge in [0.15, 0.2) is 0 Å². The maximum Gasteiger partial charge on any atom is 0.261 e. The first kappa shape index (κ1) is 20.1. The normalized spacial score (nSPS) is 13.9. The lowest BCUT2D eigenvalue weighted by Crippen LogP contribution is -2.26. The Morgan fingerprint density at radius 1 is 1.06 bits per heavy atom. The fraction of sp³-hybridized carbons (Fsp3) is 0.292. The van der Waals surface area contributed by atoms with Crippen LogP contribution in [0.1, 0.15) is 47.8 Å². The number of nitrogens with zero attached hydrogens (tertiary/aromatic N) is 4. The maximum atomic E-state index is 13.0. The van der Waals surface area contributed by atoms with Gasteiger partial charge < -0.3 is 9.84 Å². The van der Waals surface area contributed by atoms with Gasteiger partial charge in [0.2, 0.25) is 11.7 Å². The van der Waals surface area contributed by atoms with Crippen LogP contribution >= 0.6 is 0 Å². The highest BCUT2D eigenvalue weighted by molar-refractivity contribution is 6.07. The fourth-order valence-corrected chi connectivity index (χ4v) is 4.13. The van der Waals surface area contributed by atoms with E-state index in [0.717, 1.165) is 37.9 Å². The molecule has 0 atom stereocenters. The van der Waals surface area contributed by atoms with Gasteiger partial charge >= 0.3 is 0 Å². The predicted molar refractivity (Wildman–Crippen MR) is 121 cm³/mol. The molecule has 1 amide bonds. The molecule has 0 unspecified atom stereocenters. The molecule has 162 valence electrons. The van der Waals surface area contributed by atoms with Crippen molar-refractivity contribution in [2.75, 3.05) is 5.32 Å². The number of aromatic nitrogens is 4. The lowest BCUT2D eigenvalue weighted by molar-refractivity contribution is 0.102. The SMILES string of the molecule is Cc1nc(-c2ccccc2NC(=O)c2ccc3c(=O)n4c(nc3c2)CCCCCC4)no1. The van der Waals surface area contributed by atoms with E-state index in [-0.39, 0.29) is 11.5 Å². The second kappa shape index (κ2) is 8.37. The average Bonchev–Trinajstić information content (AvgIpc) is 3.21. The number of carbonyl (C=O) groups excluding carboxylic acids is 1. The molecule has 5 rings (SSSR count). The molecule has 1 N–H and O–H groups in total. The van der Waals surface area contributed by atoms with E-state index in [4.69, 9.17) is 9.51 Å². The van der Waals surface area contributed by atoms with E-state index in [0.29, 0.717) is 46.0 Å². The van der Waals surface area contributed by atoms with Crippen LogP contribution in [0.15, 0.2) is 51.8 Å². The third-order valence-electron chi connectivity index (χ3n) is 5.77. The highest BCUT2D eigenvalue weighted by Crippen LogP contribution is 2.26. The van der Waals surface area contributed by atoms with E-state index in [1.807, 2.05) is 18.2 Å². The van der Waals surface area contributed by atoms with Crippen LogP contribution in [0.3, 0.4) is 0 Å². The van der Waals surface area contributed by atoms with Crippen molar-refractivity contribution in [1.82, 2.24) is 19.7 Å². The van der Waals surface area contributed by atoms with E-state index >= 15 is 0 Å². The number of aryl methyl sites for hydroxylation is 2. The molecule has 0 saturated heterocycles. The summed E-state index contributed by atoms with van der Waals surface area (Å²) in [5, 5.41) is 7.41. The highest BCUT2D eigenvalue weighted by Gasteiger charge is 2.17. The molecule has 2 aromatic heterocycles. The number of hydrogen-bond donors (Lipinski definition) is 1. The van der Waals surface area contributed by atoms with E-state index < -0.39 is 0 Å². The standard InChI is InChI=1S/C24H23N5O3/c1-15-25-22(28-32-15)17-8-5-6-9-19(17)27-23(30)16-11-12-18-20(14-16)26-21-10-4-2-3-7-13-29(21)24(18)31/h5-6,8-9,11-12,14H,2-4,7,10,13H2,1H3,(H,27,30). The molecule has 0 saturated carbocycles. The van der Waals surface area contributed by atoms with E-state index in [9.17, 15) is 9.59 Å². The smallest absolute Gasteiger partial charge is 0.261 e. The summed E-state index contributed by atoms with van der Waals surface area (Å²) >= 11 is 0. The van der Waals surface area contributed by atoms with Crippen LogP contribution < -0.4 is 10.9 Å². The van der Waals surface area contributed by atoms with Crippen LogP contribution in [0.5, 0.6) is 0 Å². The zero-order chi connectivity index (χ0) is 22.1. The van der Waals surface area contributed by atoms with Gasteiger partial charge in [-0.3, -0.25) is 14.2 Å². The molecule has 32 heavy (non-hydrogen) atoms. The Morgan fingerprint density at radius 2 is 1.91 bits per heavy atom. The van der Waals surface area contributed by atoms with Crippen LogP contribution in [-0.4, -0.2) is 25.6 Å². The Kier molecular flexibility index (Phi) is 5.26. The van der Waals surface area contributed by atoms with Crippen molar-refractivity contribution in [2.24, 2.45) is 0 Å². The Labute approximate surface area is 184 Å². The minimum atomic E-state index is -0.298. The molecule has 2 aromatic carbocycles. The molecule has 1 aliphatic rings.